The number of aryl methyl sites for hydroxylation is 1. The zero-order valence-corrected chi connectivity index (χ0v) is 14.9. The lowest BCUT2D eigenvalue weighted by Gasteiger charge is -2.10. The number of nitrogens with one attached hydrogen (secondary N) is 2. The summed E-state index contributed by atoms with van der Waals surface area (Å²) in [4.78, 5) is 17.5. The van der Waals surface area contributed by atoms with Gasteiger partial charge in [-0.25, -0.2) is 18.7 Å². The molecule has 0 radical (unpaired) electrons. The van der Waals surface area contributed by atoms with Crippen LogP contribution in [0.4, 0.5) is 26.0 Å². The molecule has 0 spiro atoms. The SMILES string of the molecule is CNc1ccc2ncnc(Nc3ccc(F)c(C)c3)c2c1.O=CC(F)Cl. The van der Waals surface area contributed by atoms with E-state index >= 15 is 0 Å². The quantitative estimate of drug-likeness (QED) is 0.513. The molecule has 0 saturated heterocycles. The molecule has 0 amide bonds. The van der Waals surface area contributed by atoms with Crippen LogP contribution in [0.5, 0.6) is 0 Å². The number of hydrogen-bond acceptors (Lipinski definition) is 5. The zero-order valence-electron chi connectivity index (χ0n) is 14.1. The second-order valence-corrected chi connectivity index (χ2v) is 5.68. The van der Waals surface area contributed by atoms with Gasteiger partial charge in [-0.2, -0.15) is 0 Å². The molecular weight excluding hydrogens is 362 g/mol. The normalized spacial score (nSPS) is 11.3. The van der Waals surface area contributed by atoms with Crippen LogP contribution < -0.4 is 10.6 Å². The van der Waals surface area contributed by atoms with Crippen molar-refractivity contribution in [1.82, 2.24) is 9.97 Å². The van der Waals surface area contributed by atoms with Crippen molar-refractivity contribution in [2.24, 2.45) is 0 Å². The Morgan fingerprint density at radius 2 is 1.85 bits per heavy atom. The van der Waals surface area contributed by atoms with E-state index < -0.39 is 5.63 Å². The Morgan fingerprint density at radius 3 is 2.46 bits per heavy atom. The topological polar surface area (TPSA) is 66.9 Å². The molecule has 1 unspecified atom stereocenters. The van der Waals surface area contributed by atoms with E-state index in [2.05, 4.69) is 32.2 Å². The van der Waals surface area contributed by atoms with Gasteiger partial charge in [-0.05, 0) is 48.9 Å². The minimum atomic E-state index is -1.82. The minimum absolute atomic E-state index is 0.0154. The molecule has 136 valence electrons. The van der Waals surface area contributed by atoms with Gasteiger partial charge in [-0.1, -0.05) is 11.6 Å². The molecule has 8 heteroatoms. The van der Waals surface area contributed by atoms with E-state index in [-0.39, 0.29) is 12.1 Å². The summed E-state index contributed by atoms with van der Waals surface area (Å²) in [6, 6.07) is 10.8. The Hall–Kier alpha value is -2.80. The highest BCUT2D eigenvalue weighted by molar-refractivity contribution is 6.26. The van der Waals surface area contributed by atoms with Crippen molar-refractivity contribution in [3.05, 3.63) is 54.1 Å². The highest BCUT2D eigenvalue weighted by Crippen LogP contribution is 2.26. The first-order chi connectivity index (χ1) is 12.4. The van der Waals surface area contributed by atoms with Crippen LogP contribution in [0.25, 0.3) is 10.9 Å². The average molecular weight is 379 g/mol. The number of anilines is 3. The van der Waals surface area contributed by atoms with Crippen molar-refractivity contribution in [2.45, 2.75) is 12.6 Å². The van der Waals surface area contributed by atoms with Gasteiger partial charge >= 0.3 is 0 Å². The van der Waals surface area contributed by atoms with Crippen molar-refractivity contribution in [2.75, 3.05) is 17.7 Å². The monoisotopic (exact) mass is 378 g/mol. The number of aldehydes is 1. The molecule has 1 heterocycles. The molecular formula is C18H17ClF2N4O. The lowest BCUT2D eigenvalue weighted by molar-refractivity contribution is -0.109. The fourth-order valence-corrected chi connectivity index (χ4v) is 2.17. The largest absolute Gasteiger partial charge is 0.388 e. The van der Waals surface area contributed by atoms with Gasteiger partial charge in [0.05, 0.1) is 5.52 Å². The first kappa shape index (κ1) is 19.5. The van der Waals surface area contributed by atoms with Gasteiger partial charge in [0.1, 0.15) is 18.0 Å². The summed E-state index contributed by atoms with van der Waals surface area (Å²) >= 11 is 4.43. The fraction of sp³-hybridized carbons (Fsp3) is 0.167. The van der Waals surface area contributed by atoms with Gasteiger partial charge in [0.15, 0.2) is 6.29 Å². The summed E-state index contributed by atoms with van der Waals surface area (Å²) in [6.07, 6.45) is 1.53. The summed E-state index contributed by atoms with van der Waals surface area (Å²) in [5.41, 5.74) is 1.40. The van der Waals surface area contributed by atoms with Crippen molar-refractivity contribution >= 4 is 46.0 Å². The van der Waals surface area contributed by atoms with Crippen LogP contribution in [0.1, 0.15) is 5.56 Å². The molecule has 1 atom stereocenters. The molecule has 0 aliphatic carbocycles. The number of aromatic nitrogens is 2. The van der Waals surface area contributed by atoms with E-state index in [9.17, 15) is 8.78 Å². The minimum Gasteiger partial charge on any atom is -0.388 e. The van der Waals surface area contributed by atoms with Gasteiger partial charge in [-0.3, -0.25) is 4.79 Å². The standard InChI is InChI=1S/C16H15FN4.C2H2ClFO/c1-10-7-12(3-5-14(10)17)21-16-13-8-11(18-2)4-6-15(13)19-9-20-16;3-2(4)1-5/h3-9,18H,1-2H3,(H,19,20,21);1-2H. The predicted molar refractivity (Wildman–Crippen MR) is 100 cm³/mol. The molecule has 3 aromatic rings. The molecule has 2 aromatic carbocycles. The number of carbonyl (C=O) groups excluding carboxylic acids is 1. The first-order valence-electron chi connectivity index (χ1n) is 7.63. The Morgan fingerprint density at radius 1 is 1.15 bits per heavy atom. The molecule has 0 aliphatic heterocycles. The first-order valence-corrected chi connectivity index (χ1v) is 8.07. The number of fused-ring (bicyclic) bond motifs is 1. The molecule has 26 heavy (non-hydrogen) atoms. The van der Waals surface area contributed by atoms with Crippen LogP contribution in [0.3, 0.4) is 0 Å². The molecule has 1 aromatic heterocycles. The highest BCUT2D eigenvalue weighted by atomic mass is 35.5. The van der Waals surface area contributed by atoms with E-state index in [0.29, 0.717) is 11.4 Å². The van der Waals surface area contributed by atoms with E-state index in [1.165, 1.54) is 12.4 Å². The maximum absolute atomic E-state index is 13.3. The number of carbonyl (C=O) groups is 1. The van der Waals surface area contributed by atoms with Crippen LogP contribution in [-0.4, -0.2) is 28.9 Å². The Balaban J connectivity index is 0.000000431. The fourth-order valence-electron chi connectivity index (χ4n) is 2.17. The average Bonchev–Trinajstić information content (AvgIpc) is 2.65. The third-order valence-electron chi connectivity index (χ3n) is 3.45. The van der Waals surface area contributed by atoms with Gasteiger partial charge in [0.2, 0.25) is 5.63 Å². The molecule has 0 saturated carbocycles. The van der Waals surface area contributed by atoms with Crippen molar-refractivity contribution in [3.63, 3.8) is 0 Å². The maximum atomic E-state index is 13.3. The molecule has 2 N–H and O–H groups in total. The van der Waals surface area contributed by atoms with Gasteiger partial charge < -0.3 is 10.6 Å². The van der Waals surface area contributed by atoms with Gasteiger partial charge in [0, 0.05) is 23.8 Å². The summed E-state index contributed by atoms with van der Waals surface area (Å²) in [5.74, 6) is 0.480. The summed E-state index contributed by atoms with van der Waals surface area (Å²) in [7, 11) is 1.86. The van der Waals surface area contributed by atoms with Gasteiger partial charge in [-0.15, -0.1) is 0 Å². The van der Waals surface area contributed by atoms with Crippen LogP contribution >= 0.6 is 11.6 Å². The van der Waals surface area contributed by atoms with Crippen LogP contribution in [0, 0.1) is 12.7 Å². The third-order valence-corrected chi connectivity index (χ3v) is 3.55. The number of rotatable bonds is 4. The van der Waals surface area contributed by atoms with Crippen LogP contribution in [-0.2, 0) is 4.79 Å². The smallest absolute Gasteiger partial charge is 0.228 e. The number of halogens is 3. The van der Waals surface area contributed by atoms with E-state index in [1.807, 2.05) is 25.2 Å². The Bertz CT molecular complexity index is 905. The molecule has 3 rings (SSSR count). The summed E-state index contributed by atoms with van der Waals surface area (Å²) < 4.78 is 24.2. The van der Waals surface area contributed by atoms with E-state index in [1.54, 1.807) is 19.1 Å². The lowest BCUT2D eigenvalue weighted by Crippen LogP contribution is -1.98. The third kappa shape index (κ3) is 5.10. The molecule has 5 nitrogen and oxygen atoms in total. The second-order valence-electron chi connectivity index (χ2n) is 5.26. The molecule has 0 aliphatic rings. The Kier molecular flexibility index (Phi) is 6.80. The highest BCUT2D eigenvalue weighted by Gasteiger charge is 2.06. The number of nitrogens with zero attached hydrogens (tertiary/aromatic N) is 2. The van der Waals surface area contributed by atoms with Gasteiger partial charge in [0.25, 0.3) is 0 Å². The number of alkyl halides is 2. The van der Waals surface area contributed by atoms with Crippen LogP contribution in [0.2, 0.25) is 0 Å². The molecule has 0 bridgehead atoms. The van der Waals surface area contributed by atoms with Crippen LogP contribution in [0.15, 0.2) is 42.7 Å². The van der Waals surface area contributed by atoms with Crippen molar-refractivity contribution < 1.29 is 13.6 Å². The van der Waals surface area contributed by atoms with Crippen molar-refractivity contribution in [3.8, 4) is 0 Å². The zero-order chi connectivity index (χ0) is 19.1. The molecule has 0 fully saturated rings. The van der Waals surface area contributed by atoms with E-state index in [4.69, 9.17) is 4.79 Å². The maximum Gasteiger partial charge on any atom is 0.228 e. The number of benzene rings is 2. The van der Waals surface area contributed by atoms with Crippen molar-refractivity contribution in [1.29, 1.82) is 0 Å². The second kappa shape index (κ2) is 9.05. The summed E-state index contributed by atoms with van der Waals surface area (Å²) in [6.45, 7) is 1.73. The predicted octanol–water partition coefficient (Wildman–Crippen LogP) is 4.58. The lowest BCUT2D eigenvalue weighted by atomic mass is 10.2. The van der Waals surface area contributed by atoms with E-state index in [0.717, 1.165) is 22.3 Å². The Labute approximate surface area is 154 Å². The summed E-state index contributed by atoms with van der Waals surface area (Å²) in [5, 5.41) is 7.22. The number of hydrogen-bond donors (Lipinski definition) is 2.